The van der Waals surface area contributed by atoms with E-state index in [0.29, 0.717) is 5.92 Å². The van der Waals surface area contributed by atoms with Gasteiger partial charge in [-0.25, -0.2) is 9.97 Å². The summed E-state index contributed by atoms with van der Waals surface area (Å²) in [5, 5.41) is 4.50. The molecule has 3 rings (SSSR count). The van der Waals surface area contributed by atoms with Crippen molar-refractivity contribution in [2.24, 2.45) is 11.7 Å². The van der Waals surface area contributed by atoms with Gasteiger partial charge >= 0.3 is 0 Å². The molecule has 1 fully saturated rings. The summed E-state index contributed by atoms with van der Waals surface area (Å²) in [4.78, 5) is 11.1. The zero-order chi connectivity index (χ0) is 12.5. The smallest absolute Gasteiger partial charge is 0.138 e. The van der Waals surface area contributed by atoms with Gasteiger partial charge in [-0.15, -0.1) is 11.3 Å². The second-order valence-corrected chi connectivity index (χ2v) is 6.00. The third kappa shape index (κ3) is 2.33. The molecular weight excluding hydrogens is 244 g/mol. The van der Waals surface area contributed by atoms with Crippen molar-refractivity contribution in [3.63, 3.8) is 0 Å². The topological polar surface area (TPSA) is 63.8 Å². The number of anilines is 1. The average Bonchev–Trinajstić information content (AvgIpc) is 3.15. The molecule has 96 valence electrons. The number of hydrogen-bond acceptors (Lipinski definition) is 5. The number of aromatic nitrogens is 2. The van der Waals surface area contributed by atoms with Gasteiger partial charge in [0.1, 0.15) is 17.0 Å². The molecule has 0 amide bonds. The van der Waals surface area contributed by atoms with E-state index in [-0.39, 0.29) is 6.04 Å². The maximum Gasteiger partial charge on any atom is 0.138 e. The minimum Gasteiger partial charge on any atom is -0.368 e. The fourth-order valence-corrected chi connectivity index (χ4v) is 3.06. The van der Waals surface area contributed by atoms with Crippen molar-refractivity contribution in [2.45, 2.75) is 32.2 Å². The highest BCUT2D eigenvalue weighted by molar-refractivity contribution is 7.18. The Kier molecular flexibility index (Phi) is 3.18. The minimum atomic E-state index is 0.249. The first kappa shape index (κ1) is 11.9. The van der Waals surface area contributed by atoms with E-state index in [2.05, 4.69) is 28.3 Å². The molecule has 1 aliphatic rings. The van der Waals surface area contributed by atoms with Gasteiger partial charge in [-0.3, -0.25) is 0 Å². The van der Waals surface area contributed by atoms with Crippen LogP contribution in [0, 0.1) is 5.92 Å². The molecule has 0 radical (unpaired) electrons. The van der Waals surface area contributed by atoms with Crippen LogP contribution in [-0.2, 0) is 6.42 Å². The Morgan fingerprint density at radius 1 is 1.50 bits per heavy atom. The zero-order valence-electron chi connectivity index (χ0n) is 10.5. The molecule has 2 aromatic rings. The van der Waals surface area contributed by atoms with Crippen LogP contribution in [0.1, 0.15) is 24.6 Å². The highest BCUT2D eigenvalue weighted by Gasteiger charge is 2.28. The van der Waals surface area contributed by atoms with Crippen LogP contribution in [0.5, 0.6) is 0 Å². The Bertz CT molecular complexity index is 547. The summed E-state index contributed by atoms with van der Waals surface area (Å²) >= 11 is 1.74. The highest BCUT2D eigenvalue weighted by atomic mass is 32.1. The van der Waals surface area contributed by atoms with Gasteiger partial charge in [-0.2, -0.15) is 0 Å². The van der Waals surface area contributed by atoms with E-state index in [4.69, 9.17) is 5.73 Å². The summed E-state index contributed by atoms with van der Waals surface area (Å²) in [6.07, 6.45) is 5.23. The SMILES string of the molecule is CCc1cc2c(NCC(N)C3CC3)ncnc2s1. The molecule has 3 N–H and O–H groups in total. The van der Waals surface area contributed by atoms with E-state index in [1.165, 1.54) is 17.7 Å². The molecule has 0 aliphatic heterocycles. The Labute approximate surface area is 111 Å². The molecule has 0 bridgehead atoms. The number of nitrogens with two attached hydrogens (primary N) is 1. The molecule has 5 heteroatoms. The van der Waals surface area contributed by atoms with Gasteiger partial charge in [0.2, 0.25) is 0 Å². The first-order chi connectivity index (χ1) is 8.78. The molecular formula is C13H18N4S. The van der Waals surface area contributed by atoms with E-state index in [0.717, 1.165) is 29.0 Å². The summed E-state index contributed by atoms with van der Waals surface area (Å²) in [5.74, 6) is 1.63. The van der Waals surface area contributed by atoms with Crippen LogP contribution in [0.2, 0.25) is 0 Å². The summed E-state index contributed by atoms with van der Waals surface area (Å²) in [6.45, 7) is 2.96. The van der Waals surface area contributed by atoms with Crippen molar-refractivity contribution in [1.29, 1.82) is 0 Å². The Balaban J connectivity index is 1.79. The third-order valence-corrected chi connectivity index (χ3v) is 4.65. The second-order valence-electron chi connectivity index (χ2n) is 4.89. The lowest BCUT2D eigenvalue weighted by molar-refractivity contribution is 0.620. The van der Waals surface area contributed by atoms with Crippen molar-refractivity contribution in [3.8, 4) is 0 Å². The lowest BCUT2D eigenvalue weighted by atomic mass is 10.2. The fraction of sp³-hybridized carbons (Fsp3) is 0.538. The summed E-state index contributed by atoms with van der Waals surface area (Å²) < 4.78 is 0. The number of thiophene rings is 1. The third-order valence-electron chi connectivity index (χ3n) is 3.46. The molecule has 2 heterocycles. The molecule has 1 aliphatic carbocycles. The van der Waals surface area contributed by atoms with Gasteiger partial charge in [0.25, 0.3) is 0 Å². The molecule has 18 heavy (non-hydrogen) atoms. The van der Waals surface area contributed by atoms with Crippen molar-refractivity contribution in [3.05, 3.63) is 17.3 Å². The Hall–Kier alpha value is -1.20. The largest absolute Gasteiger partial charge is 0.368 e. The van der Waals surface area contributed by atoms with Crippen LogP contribution in [0.4, 0.5) is 5.82 Å². The molecule has 4 nitrogen and oxygen atoms in total. The van der Waals surface area contributed by atoms with E-state index in [9.17, 15) is 0 Å². The van der Waals surface area contributed by atoms with Crippen LogP contribution in [0.15, 0.2) is 12.4 Å². The first-order valence-corrected chi connectivity index (χ1v) is 7.32. The van der Waals surface area contributed by atoms with E-state index < -0.39 is 0 Å². The maximum absolute atomic E-state index is 6.10. The van der Waals surface area contributed by atoms with Crippen molar-refractivity contribution >= 4 is 27.4 Å². The van der Waals surface area contributed by atoms with Crippen molar-refractivity contribution < 1.29 is 0 Å². The lowest BCUT2D eigenvalue weighted by Gasteiger charge is -2.12. The summed E-state index contributed by atoms with van der Waals surface area (Å²) in [6, 6.07) is 2.43. The van der Waals surface area contributed by atoms with E-state index in [1.807, 2.05) is 0 Å². The number of nitrogens with one attached hydrogen (secondary N) is 1. The number of rotatable bonds is 5. The monoisotopic (exact) mass is 262 g/mol. The van der Waals surface area contributed by atoms with Crippen LogP contribution in [-0.4, -0.2) is 22.6 Å². The van der Waals surface area contributed by atoms with Gasteiger partial charge < -0.3 is 11.1 Å². The average molecular weight is 262 g/mol. The van der Waals surface area contributed by atoms with E-state index >= 15 is 0 Å². The molecule has 0 spiro atoms. The molecule has 0 aromatic carbocycles. The molecule has 1 atom stereocenters. The maximum atomic E-state index is 6.10. The van der Waals surface area contributed by atoms with Crippen molar-refractivity contribution in [1.82, 2.24) is 9.97 Å². The molecule has 0 saturated heterocycles. The van der Waals surface area contributed by atoms with Gasteiger partial charge in [0.05, 0.1) is 5.39 Å². The number of fused-ring (bicyclic) bond motifs is 1. The second kappa shape index (κ2) is 4.82. The molecule has 1 saturated carbocycles. The summed E-state index contributed by atoms with van der Waals surface area (Å²) in [7, 11) is 0. The van der Waals surface area contributed by atoms with Crippen LogP contribution in [0.25, 0.3) is 10.2 Å². The van der Waals surface area contributed by atoms with Crippen LogP contribution >= 0.6 is 11.3 Å². The quantitative estimate of drug-likeness (QED) is 0.868. The van der Waals surface area contributed by atoms with Gasteiger partial charge in [-0.1, -0.05) is 6.92 Å². The predicted molar refractivity (Wildman–Crippen MR) is 76.0 cm³/mol. The van der Waals surface area contributed by atoms with Gasteiger partial charge in [0, 0.05) is 17.5 Å². The number of aryl methyl sites for hydroxylation is 1. The minimum absolute atomic E-state index is 0.249. The number of hydrogen-bond donors (Lipinski definition) is 2. The zero-order valence-corrected chi connectivity index (χ0v) is 11.3. The highest BCUT2D eigenvalue weighted by Crippen LogP contribution is 2.32. The van der Waals surface area contributed by atoms with Crippen LogP contribution < -0.4 is 11.1 Å². The molecule has 2 aromatic heterocycles. The Morgan fingerprint density at radius 3 is 3.06 bits per heavy atom. The van der Waals surface area contributed by atoms with E-state index in [1.54, 1.807) is 17.7 Å². The van der Waals surface area contributed by atoms with Gasteiger partial charge in [0.15, 0.2) is 0 Å². The Morgan fingerprint density at radius 2 is 2.33 bits per heavy atom. The van der Waals surface area contributed by atoms with Crippen molar-refractivity contribution in [2.75, 3.05) is 11.9 Å². The summed E-state index contributed by atoms with van der Waals surface area (Å²) in [5.41, 5.74) is 6.10. The predicted octanol–water partition coefficient (Wildman–Crippen LogP) is 2.40. The first-order valence-electron chi connectivity index (χ1n) is 6.50. The number of nitrogens with zero attached hydrogens (tertiary/aromatic N) is 2. The standard InChI is InChI=1S/C13H18N4S/c1-2-9-5-10-12(16-7-17-13(10)18-9)15-6-11(14)8-3-4-8/h5,7-8,11H,2-4,6,14H2,1H3,(H,15,16,17). The van der Waals surface area contributed by atoms with Gasteiger partial charge in [-0.05, 0) is 31.2 Å². The van der Waals surface area contributed by atoms with Crippen LogP contribution in [0.3, 0.4) is 0 Å². The molecule has 1 unspecified atom stereocenters. The fourth-order valence-electron chi connectivity index (χ4n) is 2.13. The lowest BCUT2D eigenvalue weighted by Crippen LogP contribution is -2.31. The normalized spacial score (nSPS) is 17.0.